The standard InChI is InChI=1S/C35H49N3O5/c1-4-5-6-7-8-9-10-11-12-13-14-15-16-17-26-37-32(27-18-22-29(23-19-27)36(2)3)31(34(40)35(37)41)33(39)28-20-24-30(25-21-28)38(42)43/h18-25,32,39H,4-17,26H2,1-3H3/b33-31+. The van der Waals surface area contributed by atoms with Crippen LogP contribution >= 0.6 is 0 Å². The quantitative estimate of drug-likeness (QED) is 0.0438. The van der Waals surface area contributed by atoms with Crippen LogP contribution < -0.4 is 4.90 Å². The maximum atomic E-state index is 13.3. The first-order valence-electron chi connectivity index (χ1n) is 16.1. The number of aliphatic hydroxyl groups is 1. The summed E-state index contributed by atoms with van der Waals surface area (Å²) in [6, 6.07) is 12.2. The summed E-state index contributed by atoms with van der Waals surface area (Å²) in [6.07, 6.45) is 17.2. The predicted molar refractivity (Wildman–Crippen MR) is 173 cm³/mol. The summed E-state index contributed by atoms with van der Waals surface area (Å²) in [5.74, 6) is -1.68. The Morgan fingerprint density at radius 2 is 1.28 bits per heavy atom. The number of unbranched alkanes of at least 4 members (excludes halogenated alkanes) is 13. The van der Waals surface area contributed by atoms with Gasteiger partial charge in [-0.2, -0.15) is 0 Å². The van der Waals surface area contributed by atoms with E-state index < -0.39 is 22.7 Å². The van der Waals surface area contributed by atoms with Gasteiger partial charge in [0.05, 0.1) is 16.5 Å². The van der Waals surface area contributed by atoms with Crippen molar-refractivity contribution in [3.05, 3.63) is 75.3 Å². The minimum atomic E-state index is -0.733. The van der Waals surface area contributed by atoms with Crippen LogP contribution in [0.4, 0.5) is 11.4 Å². The van der Waals surface area contributed by atoms with Crippen LogP contribution in [0, 0.1) is 10.1 Å². The normalized spacial score (nSPS) is 16.2. The first kappa shape index (κ1) is 33.8. The van der Waals surface area contributed by atoms with Crippen molar-refractivity contribution in [2.45, 2.75) is 103 Å². The molecule has 0 aromatic heterocycles. The molecule has 1 amide bonds. The monoisotopic (exact) mass is 591 g/mol. The lowest BCUT2D eigenvalue weighted by Gasteiger charge is -2.26. The molecule has 1 unspecified atom stereocenters. The second kappa shape index (κ2) is 17.4. The summed E-state index contributed by atoms with van der Waals surface area (Å²) in [5.41, 5.74) is 1.86. The average Bonchev–Trinajstić information content (AvgIpc) is 3.26. The van der Waals surface area contributed by atoms with E-state index >= 15 is 0 Å². The van der Waals surface area contributed by atoms with Crippen molar-refractivity contribution in [3.8, 4) is 0 Å². The van der Waals surface area contributed by atoms with Gasteiger partial charge < -0.3 is 14.9 Å². The highest BCUT2D eigenvalue weighted by Crippen LogP contribution is 2.40. The van der Waals surface area contributed by atoms with Gasteiger partial charge in [-0.1, -0.05) is 103 Å². The number of hydrogen-bond acceptors (Lipinski definition) is 6. The van der Waals surface area contributed by atoms with Crippen LogP contribution in [0.25, 0.3) is 5.76 Å². The van der Waals surface area contributed by atoms with Crippen LogP contribution in [0.15, 0.2) is 54.1 Å². The topological polar surface area (TPSA) is 104 Å². The first-order valence-corrected chi connectivity index (χ1v) is 16.1. The minimum absolute atomic E-state index is 0.0156. The molecule has 0 spiro atoms. The minimum Gasteiger partial charge on any atom is -0.507 e. The summed E-state index contributed by atoms with van der Waals surface area (Å²) < 4.78 is 0. The largest absolute Gasteiger partial charge is 0.507 e. The van der Waals surface area contributed by atoms with E-state index in [2.05, 4.69) is 6.92 Å². The molecule has 1 aliphatic heterocycles. The van der Waals surface area contributed by atoms with Gasteiger partial charge in [0, 0.05) is 44.0 Å². The molecular weight excluding hydrogens is 542 g/mol. The van der Waals surface area contributed by atoms with Gasteiger partial charge in [0.1, 0.15) is 5.76 Å². The first-order chi connectivity index (χ1) is 20.8. The maximum absolute atomic E-state index is 13.3. The molecule has 1 N–H and O–H groups in total. The molecule has 0 radical (unpaired) electrons. The van der Waals surface area contributed by atoms with Gasteiger partial charge >= 0.3 is 0 Å². The van der Waals surface area contributed by atoms with Crippen molar-refractivity contribution >= 4 is 28.8 Å². The molecule has 8 heteroatoms. The van der Waals surface area contributed by atoms with Gasteiger partial charge in [0.25, 0.3) is 17.4 Å². The van der Waals surface area contributed by atoms with E-state index in [0.29, 0.717) is 6.54 Å². The van der Waals surface area contributed by atoms with Crippen molar-refractivity contribution in [1.29, 1.82) is 0 Å². The lowest BCUT2D eigenvalue weighted by Crippen LogP contribution is -2.30. The van der Waals surface area contributed by atoms with E-state index in [4.69, 9.17) is 0 Å². The summed E-state index contributed by atoms with van der Waals surface area (Å²) in [4.78, 5) is 40.6. The molecule has 0 saturated carbocycles. The Balaban J connectivity index is 1.61. The molecule has 234 valence electrons. The van der Waals surface area contributed by atoms with E-state index in [1.54, 1.807) is 4.90 Å². The Labute approximate surface area is 256 Å². The number of nitro groups is 1. The third-order valence-electron chi connectivity index (χ3n) is 8.37. The van der Waals surface area contributed by atoms with Gasteiger partial charge in [-0.15, -0.1) is 0 Å². The van der Waals surface area contributed by atoms with Gasteiger partial charge in [-0.3, -0.25) is 19.7 Å². The lowest BCUT2D eigenvalue weighted by atomic mass is 9.95. The Hall–Kier alpha value is -3.68. The predicted octanol–water partition coefficient (Wildman–Crippen LogP) is 8.56. The molecule has 1 fully saturated rings. The number of nitrogens with zero attached hydrogens (tertiary/aromatic N) is 3. The van der Waals surface area contributed by atoms with Crippen molar-refractivity contribution in [1.82, 2.24) is 4.90 Å². The van der Waals surface area contributed by atoms with Crippen LogP contribution in [0.1, 0.15) is 114 Å². The molecule has 3 rings (SSSR count). The van der Waals surface area contributed by atoms with E-state index in [-0.39, 0.29) is 22.6 Å². The molecule has 1 atom stereocenters. The maximum Gasteiger partial charge on any atom is 0.295 e. The van der Waals surface area contributed by atoms with Crippen molar-refractivity contribution in [3.63, 3.8) is 0 Å². The number of hydrogen-bond donors (Lipinski definition) is 1. The van der Waals surface area contributed by atoms with Crippen LogP contribution in [0.5, 0.6) is 0 Å². The molecule has 1 heterocycles. The average molecular weight is 592 g/mol. The van der Waals surface area contributed by atoms with E-state index in [1.165, 1.54) is 94.9 Å². The summed E-state index contributed by atoms with van der Waals surface area (Å²) in [6.45, 7) is 2.67. The number of carbonyl (C=O) groups excluding carboxylic acids is 2. The summed E-state index contributed by atoms with van der Waals surface area (Å²) >= 11 is 0. The Kier molecular flexibility index (Phi) is 13.7. The fraction of sp³-hybridized carbons (Fsp3) is 0.543. The van der Waals surface area contributed by atoms with Gasteiger partial charge in [0.15, 0.2) is 0 Å². The lowest BCUT2D eigenvalue weighted by molar-refractivity contribution is -0.384. The highest BCUT2D eigenvalue weighted by molar-refractivity contribution is 6.46. The number of nitro benzene ring substituents is 1. The Bertz CT molecular complexity index is 1220. The van der Waals surface area contributed by atoms with Crippen LogP contribution in [-0.4, -0.2) is 47.3 Å². The molecule has 2 aromatic carbocycles. The highest BCUT2D eigenvalue weighted by Gasteiger charge is 2.45. The number of benzene rings is 2. The van der Waals surface area contributed by atoms with E-state index in [1.807, 2.05) is 43.3 Å². The van der Waals surface area contributed by atoms with Gasteiger partial charge in [-0.25, -0.2) is 0 Å². The van der Waals surface area contributed by atoms with E-state index in [9.17, 15) is 24.8 Å². The zero-order valence-electron chi connectivity index (χ0n) is 26.2. The molecule has 2 aromatic rings. The molecule has 1 aliphatic rings. The van der Waals surface area contributed by atoms with Crippen molar-refractivity contribution < 1.29 is 19.6 Å². The highest BCUT2D eigenvalue weighted by atomic mass is 16.6. The van der Waals surface area contributed by atoms with E-state index in [0.717, 1.165) is 30.5 Å². The van der Waals surface area contributed by atoms with Crippen molar-refractivity contribution in [2.75, 3.05) is 25.5 Å². The van der Waals surface area contributed by atoms with Crippen LogP contribution in [0.3, 0.4) is 0 Å². The number of aliphatic hydroxyl groups excluding tert-OH is 1. The van der Waals surface area contributed by atoms with Gasteiger partial charge in [-0.05, 0) is 36.2 Å². The number of carbonyl (C=O) groups is 2. The number of anilines is 1. The molecule has 0 bridgehead atoms. The Morgan fingerprint density at radius 3 is 1.74 bits per heavy atom. The van der Waals surface area contributed by atoms with Crippen molar-refractivity contribution in [2.24, 2.45) is 0 Å². The Morgan fingerprint density at radius 1 is 0.791 bits per heavy atom. The number of ketones is 1. The molecule has 1 saturated heterocycles. The third-order valence-corrected chi connectivity index (χ3v) is 8.37. The summed E-state index contributed by atoms with van der Waals surface area (Å²) in [5, 5.41) is 22.3. The molecule has 8 nitrogen and oxygen atoms in total. The third kappa shape index (κ3) is 9.66. The number of Topliss-reactive ketones (excluding diaryl/α,β-unsaturated/α-hetero) is 1. The smallest absolute Gasteiger partial charge is 0.295 e. The molecule has 0 aliphatic carbocycles. The van der Waals surface area contributed by atoms with Crippen LogP contribution in [-0.2, 0) is 9.59 Å². The SMILES string of the molecule is CCCCCCCCCCCCCCCCN1C(=O)C(=O)/C(=C(/O)c2ccc([N+](=O)[O-])cc2)C1c1ccc(N(C)C)cc1. The zero-order chi connectivity index (χ0) is 31.2. The zero-order valence-corrected chi connectivity index (χ0v) is 26.2. The fourth-order valence-corrected chi connectivity index (χ4v) is 5.79. The molecular formula is C35H49N3O5. The number of amides is 1. The van der Waals surface area contributed by atoms with Crippen LogP contribution in [0.2, 0.25) is 0 Å². The number of non-ortho nitro benzene ring substituents is 1. The molecule has 43 heavy (non-hydrogen) atoms. The summed E-state index contributed by atoms with van der Waals surface area (Å²) in [7, 11) is 3.87. The second-order valence-electron chi connectivity index (χ2n) is 11.9. The second-order valence-corrected chi connectivity index (χ2v) is 11.9. The van der Waals surface area contributed by atoms with Gasteiger partial charge in [0.2, 0.25) is 0 Å². The number of likely N-dealkylation sites (tertiary alicyclic amines) is 1. The fourth-order valence-electron chi connectivity index (χ4n) is 5.79. The number of rotatable bonds is 19.